The zero-order valence-electron chi connectivity index (χ0n) is 11.5. The Hall–Kier alpha value is -1.26. The van der Waals surface area contributed by atoms with Crippen LogP contribution in [0, 0.1) is 11.3 Å². The van der Waals surface area contributed by atoms with Crippen molar-refractivity contribution in [3.8, 4) is 6.07 Å². The third-order valence-electron chi connectivity index (χ3n) is 2.43. The molecule has 1 unspecified atom stereocenters. The zero-order valence-corrected chi connectivity index (χ0v) is 12.3. The second kappa shape index (κ2) is 6.46. The first-order valence-electron chi connectivity index (χ1n) is 6.01. The number of nitrogens with zero attached hydrogens (tertiary/aromatic N) is 2. The van der Waals surface area contributed by atoms with Gasteiger partial charge in [-0.3, -0.25) is 5.32 Å². The minimum atomic E-state index is -4.38. The molecule has 0 aromatic carbocycles. The van der Waals surface area contributed by atoms with Crippen molar-refractivity contribution in [1.82, 2.24) is 10.3 Å². The Morgan fingerprint density at radius 1 is 1.40 bits per heavy atom. The third-order valence-corrected chi connectivity index (χ3v) is 3.69. The van der Waals surface area contributed by atoms with Crippen LogP contribution >= 0.6 is 11.8 Å². The molecule has 0 aliphatic rings. The van der Waals surface area contributed by atoms with Gasteiger partial charge in [-0.15, -0.1) is 11.8 Å². The first kappa shape index (κ1) is 16.8. The van der Waals surface area contributed by atoms with E-state index >= 15 is 0 Å². The molecule has 0 saturated carbocycles. The summed E-state index contributed by atoms with van der Waals surface area (Å²) in [5, 5.41) is 12.8. The Morgan fingerprint density at radius 2 is 2.05 bits per heavy atom. The molecule has 1 aromatic rings. The van der Waals surface area contributed by atoms with Crippen LogP contribution in [0.3, 0.4) is 0 Å². The van der Waals surface area contributed by atoms with Gasteiger partial charge < -0.3 is 0 Å². The number of nitriles is 1. The highest BCUT2D eigenvalue weighted by Crippen LogP contribution is 2.30. The molecule has 1 atom stereocenters. The summed E-state index contributed by atoms with van der Waals surface area (Å²) in [7, 11) is 0. The number of halogens is 3. The van der Waals surface area contributed by atoms with Gasteiger partial charge in [-0.05, 0) is 32.9 Å². The summed E-state index contributed by atoms with van der Waals surface area (Å²) in [6.45, 7) is 5.61. The number of nitrogens with one attached hydrogen (secondary N) is 1. The van der Waals surface area contributed by atoms with Gasteiger partial charge in [-0.1, -0.05) is 0 Å². The van der Waals surface area contributed by atoms with Gasteiger partial charge in [-0.2, -0.15) is 18.4 Å². The first-order valence-corrected chi connectivity index (χ1v) is 7.00. The molecule has 1 heterocycles. The van der Waals surface area contributed by atoms with Crippen LogP contribution in [-0.2, 0) is 6.18 Å². The molecule has 0 aliphatic carbocycles. The van der Waals surface area contributed by atoms with Crippen molar-refractivity contribution in [3.05, 3.63) is 23.9 Å². The van der Waals surface area contributed by atoms with Crippen LogP contribution in [0.2, 0.25) is 0 Å². The molecule has 0 aliphatic heterocycles. The van der Waals surface area contributed by atoms with Crippen LogP contribution in [-0.4, -0.2) is 22.3 Å². The third kappa shape index (κ3) is 5.02. The summed E-state index contributed by atoms with van der Waals surface area (Å²) in [4.78, 5) is 3.77. The summed E-state index contributed by atoms with van der Waals surface area (Å²) in [5.74, 6) is 0.403. The van der Waals surface area contributed by atoms with Crippen LogP contribution in [0.1, 0.15) is 26.3 Å². The number of pyridine rings is 1. The van der Waals surface area contributed by atoms with E-state index in [0.717, 1.165) is 12.3 Å². The lowest BCUT2D eigenvalue weighted by molar-refractivity contribution is -0.137. The molecule has 0 saturated heterocycles. The SMILES string of the molecule is CC(C)NC(C)(C#N)CSc1ccc(C(F)(F)F)cn1. The fraction of sp³-hybridized carbons (Fsp3) is 0.538. The predicted octanol–water partition coefficient (Wildman–Crippen LogP) is 3.47. The number of aromatic nitrogens is 1. The summed E-state index contributed by atoms with van der Waals surface area (Å²) in [6, 6.07) is 4.63. The average Bonchev–Trinajstić information content (AvgIpc) is 2.35. The van der Waals surface area contributed by atoms with E-state index in [2.05, 4.69) is 16.4 Å². The van der Waals surface area contributed by atoms with Crippen molar-refractivity contribution in [3.63, 3.8) is 0 Å². The van der Waals surface area contributed by atoms with E-state index in [1.165, 1.54) is 17.8 Å². The predicted molar refractivity (Wildman–Crippen MR) is 72.3 cm³/mol. The Labute approximate surface area is 120 Å². The van der Waals surface area contributed by atoms with E-state index in [0.29, 0.717) is 10.8 Å². The van der Waals surface area contributed by atoms with Gasteiger partial charge in [0.05, 0.1) is 16.7 Å². The van der Waals surface area contributed by atoms with Crippen LogP contribution in [0.15, 0.2) is 23.4 Å². The van der Waals surface area contributed by atoms with E-state index in [4.69, 9.17) is 5.26 Å². The second-order valence-corrected chi connectivity index (χ2v) is 5.91. The van der Waals surface area contributed by atoms with Gasteiger partial charge in [0, 0.05) is 18.0 Å². The van der Waals surface area contributed by atoms with Crippen LogP contribution in [0.25, 0.3) is 0 Å². The molecule has 0 amide bonds. The Balaban J connectivity index is 2.68. The molecule has 0 spiro atoms. The summed E-state index contributed by atoms with van der Waals surface area (Å²) >= 11 is 1.25. The fourth-order valence-corrected chi connectivity index (χ4v) is 2.47. The number of thioether (sulfide) groups is 1. The van der Waals surface area contributed by atoms with E-state index in [9.17, 15) is 13.2 Å². The molecular weight excluding hydrogens is 287 g/mol. The molecule has 0 radical (unpaired) electrons. The standard InChI is InChI=1S/C13H16F3N3S/c1-9(2)19-12(3,7-17)8-20-11-5-4-10(6-18-11)13(14,15)16/h4-6,9,19H,8H2,1-3H3. The van der Waals surface area contributed by atoms with Crippen LogP contribution in [0.4, 0.5) is 13.2 Å². The molecule has 3 nitrogen and oxygen atoms in total. The lowest BCUT2D eigenvalue weighted by Gasteiger charge is -2.25. The van der Waals surface area contributed by atoms with Crippen LogP contribution in [0.5, 0.6) is 0 Å². The quantitative estimate of drug-likeness (QED) is 0.846. The van der Waals surface area contributed by atoms with E-state index < -0.39 is 17.3 Å². The van der Waals surface area contributed by atoms with Gasteiger partial charge in [0.25, 0.3) is 0 Å². The lowest BCUT2D eigenvalue weighted by atomic mass is 10.1. The van der Waals surface area contributed by atoms with Crippen molar-refractivity contribution in [2.45, 2.75) is 43.6 Å². The largest absolute Gasteiger partial charge is 0.417 e. The molecule has 20 heavy (non-hydrogen) atoms. The highest BCUT2D eigenvalue weighted by Gasteiger charge is 2.31. The van der Waals surface area contributed by atoms with Crippen molar-refractivity contribution >= 4 is 11.8 Å². The van der Waals surface area contributed by atoms with Gasteiger partial charge in [0.15, 0.2) is 0 Å². The molecule has 110 valence electrons. The van der Waals surface area contributed by atoms with Crippen molar-refractivity contribution in [1.29, 1.82) is 5.26 Å². The van der Waals surface area contributed by atoms with Crippen LogP contribution < -0.4 is 5.32 Å². The number of hydrogen-bond acceptors (Lipinski definition) is 4. The molecule has 7 heteroatoms. The Bertz CT molecular complexity index is 479. The van der Waals surface area contributed by atoms with Crippen molar-refractivity contribution < 1.29 is 13.2 Å². The van der Waals surface area contributed by atoms with Gasteiger partial charge in [-0.25, -0.2) is 4.98 Å². The fourth-order valence-electron chi connectivity index (χ4n) is 1.59. The minimum absolute atomic E-state index is 0.140. The minimum Gasteiger partial charge on any atom is -0.297 e. The number of rotatable bonds is 5. The summed E-state index contributed by atoms with van der Waals surface area (Å²) < 4.78 is 37.2. The average molecular weight is 303 g/mol. The smallest absolute Gasteiger partial charge is 0.297 e. The van der Waals surface area contributed by atoms with E-state index in [1.807, 2.05) is 13.8 Å². The lowest BCUT2D eigenvalue weighted by Crippen LogP contribution is -2.47. The first-order chi connectivity index (χ1) is 9.16. The summed E-state index contributed by atoms with van der Waals surface area (Å²) in [5.41, 5.74) is -1.52. The molecule has 1 rings (SSSR count). The van der Waals surface area contributed by atoms with Gasteiger partial charge >= 0.3 is 6.18 Å². The maximum Gasteiger partial charge on any atom is 0.417 e. The van der Waals surface area contributed by atoms with E-state index in [-0.39, 0.29) is 6.04 Å². The highest BCUT2D eigenvalue weighted by atomic mass is 32.2. The maximum atomic E-state index is 12.4. The summed E-state index contributed by atoms with van der Waals surface area (Å²) in [6.07, 6.45) is -3.57. The van der Waals surface area contributed by atoms with Gasteiger partial charge in [0.2, 0.25) is 0 Å². The van der Waals surface area contributed by atoms with Crippen molar-refractivity contribution in [2.75, 3.05) is 5.75 Å². The monoisotopic (exact) mass is 303 g/mol. The second-order valence-electron chi connectivity index (χ2n) is 4.91. The molecular formula is C13H16F3N3S. The van der Waals surface area contributed by atoms with Crippen molar-refractivity contribution in [2.24, 2.45) is 0 Å². The zero-order chi connectivity index (χ0) is 15.4. The molecule has 1 aromatic heterocycles. The molecule has 1 N–H and O–H groups in total. The Kier molecular flexibility index (Phi) is 5.42. The highest BCUT2D eigenvalue weighted by molar-refractivity contribution is 7.99. The maximum absolute atomic E-state index is 12.4. The normalized spacial score (nSPS) is 14.9. The molecule has 0 fully saturated rings. The topological polar surface area (TPSA) is 48.7 Å². The Morgan fingerprint density at radius 3 is 2.45 bits per heavy atom. The van der Waals surface area contributed by atoms with E-state index in [1.54, 1.807) is 6.92 Å². The number of alkyl halides is 3. The molecule has 0 bridgehead atoms. The number of hydrogen-bond donors (Lipinski definition) is 1. The van der Waals surface area contributed by atoms with Gasteiger partial charge in [0.1, 0.15) is 5.54 Å².